The first-order valence-electron chi connectivity index (χ1n) is 2.93. The molecule has 1 aromatic rings. The second-order valence-electron chi connectivity index (χ2n) is 1.90. The van der Waals surface area contributed by atoms with E-state index in [0.29, 0.717) is 0 Å². The van der Waals surface area contributed by atoms with Gasteiger partial charge < -0.3 is 0 Å². The number of benzene rings is 1. The fraction of sp³-hybridized carbons (Fsp3) is 0. The Morgan fingerprint density at radius 2 is 1.90 bits per heavy atom. The molecule has 0 aromatic heterocycles. The van der Waals surface area contributed by atoms with Gasteiger partial charge in [0.15, 0.2) is 0 Å². The van der Waals surface area contributed by atoms with Crippen LogP contribution in [-0.4, -0.2) is 29.3 Å². The Bertz CT molecular complexity index is 192. The van der Waals surface area contributed by atoms with Crippen molar-refractivity contribution in [1.29, 1.82) is 0 Å². The van der Waals surface area contributed by atoms with Gasteiger partial charge in [-0.1, -0.05) is 0 Å². The first-order valence-corrected chi connectivity index (χ1v) is 3.92. The van der Waals surface area contributed by atoms with Crippen molar-refractivity contribution < 1.29 is 8.67 Å². The van der Waals surface area contributed by atoms with Gasteiger partial charge in [-0.2, -0.15) is 0 Å². The summed E-state index contributed by atoms with van der Waals surface area (Å²) in [6.45, 7) is 0. The summed E-state index contributed by atoms with van der Waals surface area (Å²) in [7, 11) is -0.763. The molecular weight excluding hydrogens is 190 g/mol. The van der Waals surface area contributed by atoms with Gasteiger partial charge in [0.2, 0.25) is 0 Å². The first-order chi connectivity index (χ1) is 4.84. The van der Waals surface area contributed by atoms with Gasteiger partial charge in [0, 0.05) is 0 Å². The van der Waals surface area contributed by atoms with E-state index in [1.165, 1.54) is 0 Å². The van der Waals surface area contributed by atoms with Crippen molar-refractivity contribution in [3.63, 3.8) is 0 Å². The van der Waals surface area contributed by atoms with Gasteiger partial charge in [-0.15, -0.1) is 0 Å². The Labute approximate surface area is 69.2 Å². The average molecular weight is 198 g/mol. The van der Waals surface area contributed by atoms with Crippen molar-refractivity contribution in [2.45, 2.75) is 0 Å². The molecule has 0 saturated heterocycles. The number of hydrogen-bond donors (Lipinski definition) is 1. The number of rotatable bonds is 2. The molecule has 4 heteroatoms. The van der Waals surface area contributed by atoms with E-state index >= 15 is 0 Å². The minimum atomic E-state index is -0.763. The summed E-state index contributed by atoms with van der Waals surface area (Å²) in [4.78, 5) is 0. The van der Waals surface area contributed by atoms with Gasteiger partial charge in [-0.25, -0.2) is 0 Å². The van der Waals surface area contributed by atoms with Crippen molar-refractivity contribution in [2.75, 3.05) is 0 Å². The Balaban J connectivity index is 2.75. The molecule has 1 rings (SSSR count). The minimum absolute atomic E-state index is 0.763. The van der Waals surface area contributed by atoms with Crippen LogP contribution in [0.1, 0.15) is 0 Å². The zero-order chi connectivity index (χ0) is 7.40. The molecule has 0 aliphatic heterocycles. The first kappa shape index (κ1) is 7.87. The van der Waals surface area contributed by atoms with Crippen LogP contribution in [0.25, 0.3) is 0 Å². The fourth-order valence-corrected chi connectivity index (χ4v) is 1.03. The quantitative estimate of drug-likeness (QED) is 0.613. The molecule has 0 spiro atoms. The maximum atomic E-state index is 9.12. The van der Waals surface area contributed by atoms with Crippen LogP contribution < -0.4 is 5.46 Å². The summed E-state index contributed by atoms with van der Waals surface area (Å²) in [6, 6.07) is 9.28. The summed E-state index contributed by atoms with van der Waals surface area (Å²) in [5, 5.41) is 9.12. The standard InChI is InChI=1S/C6H8AsBO2/c7-10-8(9)6-4-2-1-3-5-6/h1-5,9H,7H2. The molecule has 1 atom stereocenters. The molecule has 0 bridgehead atoms. The van der Waals surface area contributed by atoms with Gasteiger partial charge in [0.25, 0.3) is 0 Å². The second kappa shape index (κ2) is 3.82. The zero-order valence-electron chi connectivity index (χ0n) is 5.40. The van der Waals surface area contributed by atoms with Crippen LogP contribution in [0, 0.1) is 0 Å². The van der Waals surface area contributed by atoms with Crippen LogP contribution in [0.5, 0.6) is 0 Å². The van der Waals surface area contributed by atoms with E-state index in [1.54, 1.807) is 0 Å². The molecule has 0 radical (unpaired) electrons. The van der Waals surface area contributed by atoms with Crippen LogP contribution >= 0.6 is 0 Å². The third kappa shape index (κ3) is 1.87. The molecule has 10 heavy (non-hydrogen) atoms. The third-order valence-corrected chi connectivity index (χ3v) is 1.75. The van der Waals surface area contributed by atoms with Crippen LogP contribution in [0.15, 0.2) is 30.3 Å². The van der Waals surface area contributed by atoms with E-state index in [-0.39, 0.29) is 0 Å². The van der Waals surface area contributed by atoms with E-state index < -0.39 is 7.12 Å². The Kier molecular flexibility index (Phi) is 3.00. The molecule has 1 unspecified atom stereocenters. The molecule has 2 nitrogen and oxygen atoms in total. The summed E-state index contributed by atoms with van der Waals surface area (Å²) in [5.41, 5.74) is 0.798. The van der Waals surface area contributed by atoms with Crippen LogP contribution in [0.3, 0.4) is 0 Å². The molecule has 0 amide bonds. The van der Waals surface area contributed by atoms with Crippen molar-refractivity contribution in [3.8, 4) is 0 Å². The van der Waals surface area contributed by atoms with E-state index in [4.69, 9.17) is 8.67 Å². The molecule has 0 aliphatic rings. The third-order valence-electron chi connectivity index (χ3n) is 1.21. The Morgan fingerprint density at radius 1 is 1.30 bits per heavy atom. The second-order valence-corrected chi connectivity index (χ2v) is 2.47. The summed E-state index contributed by atoms with van der Waals surface area (Å²) < 4.78 is 4.75. The SMILES string of the molecule is OB(O[AsH2])c1ccccc1. The van der Waals surface area contributed by atoms with Gasteiger partial charge >= 0.3 is 68.8 Å². The van der Waals surface area contributed by atoms with Gasteiger partial charge in [-0.05, 0) is 0 Å². The Hall–Kier alpha value is -0.237. The van der Waals surface area contributed by atoms with Crippen LogP contribution in [-0.2, 0) is 3.64 Å². The number of hydrogen-bond acceptors (Lipinski definition) is 2. The maximum absolute atomic E-state index is 9.12. The van der Waals surface area contributed by atoms with Gasteiger partial charge in [-0.3, -0.25) is 0 Å². The average Bonchev–Trinajstić information content (AvgIpc) is 2.05. The monoisotopic (exact) mass is 198 g/mol. The van der Waals surface area contributed by atoms with Gasteiger partial charge in [0.05, 0.1) is 0 Å². The Morgan fingerprint density at radius 3 is 2.40 bits per heavy atom. The van der Waals surface area contributed by atoms with Crippen LogP contribution in [0.4, 0.5) is 0 Å². The molecule has 1 aromatic carbocycles. The van der Waals surface area contributed by atoms with E-state index in [9.17, 15) is 0 Å². The van der Waals surface area contributed by atoms with Gasteiger partial charge in [0.1, 0.15) is 0 Å². The predicted octanol–water partition coefficient (Wildman–Crippen LogP) is -1.06. The molecular formula is C6H8AsBO2. The van der Waals surface area contributed by atoms with Crippen molar-refractivity contribution in [2.24, 2.45) is 0 Å². The zero-order valence-corrected chi connectivity index (χ0v) is 7.82. The van der Waals surface area contributed by atoms with E-state index in [0.717, 1.165) is 22.7 Å². The molecule has 0 heterocycles. The van der Waals surface area contributed by atoms with Crippen LogP contribution in [0.2, 0.25) is 0 Å². The topological polar surface area (TPSA) is 29.5 Å². The molecule has 52 valence electrons. The molecule has 0 aliphatic carbocycles. The summed E-state index contributed by atoms with van der Waals surface area (Å²) >= 11 is 1.06. The van der Waals surface area contributed by atoms with Crippen molar-refractivity contribution in [3.05, 3.63) is 30.3 Å². The van der Waals surface area contributed by atoms with Crippen molar-refractivity contribution >= 4 is 29.8 Å². The fourth-order valence-electron chi connectivity index (χ4n) is 0.696. The molecule has 0 saturated carbocycles. The van der Waals surface area contributed by atoms with E-state index in [1.807, 2.05) is 30.3 Å². The molecule has 1 N–H and O–H groups in total. The molecule has 0 fully saturated rings. The normalized spacial score (nSPS) is 9.40. The summed E-state index contributed by atoms with van der Waals surface area (Å²) in [6.07, 6.45) is 0. The van der Waals surface area contributed by atoms with E-state index in [2.05, 4.69) is 0 Å². The predicted molar refractivity (Wildman–Crippen MR) is 43.7 cm³/mol. The summed E-state index contributed by atoms with van der Waals surface area (Å²) in [5.74, 6) is 0. The van der Waals surface area contributed by atoms with Crippen molar-refractivity contribution in [1.82, 2.24) is 0 Å².